The maximum Gasteiger partial charge on any atom is 0.163 e. The summed E-state index contributed by atoms with van der Waals surface area (Å²) < 4.78 is 12.4. The first kappa shape index (κ1) is 16.1. The highest BCUT2D eigenvalue weighted by Crippen LogP contribution is 2.43. The van der Waals surface area contributed by atoms with Gasteiger partial charge in [0.05, 0.1) is 0 Å². The van der Waals surface area contributed by atoms with Crippen LogP contribution in [0.3, 0.4) is 0 Å². The van der Waals surface area contributed by atoms with Gasteiger partial charge in [0.25, 0.3) is 0 Å². The zero-order valence-corrected chi connectivity index (χ0v) is 14.7. The molecule has 3 aromatic heterocycles. The van der Waals surface area contributed by atoms with E-state index in [9.17, 15) is 0 Å². The first-order chi connectivity index (χ1) is 13.9. The Hall–Kier alpha value is -4.06. The minimum absolute atomic E-state index is 0.627. The summed E-state index contributed by atoms with van der Waals surface area (Å²) in [5.74, 6) is 2.61. The lowest BCUT2D eigenvalue weighted by atomic mass is 10.1. The van der Waals surface area contributed by atoms with Gasteiger partial charge in [-0.2, -0.15) is 0 Å². The van der Waals surface area contributed by atoms with Crippen LogP contribution in [0.1, 0.15) is 0 Å². The van der Waals surface area contributed by atoms with Crippen LogP contribution < -0.4 is 9.47 Å². The molecule has 5 rings (SSSR count). The standard InChI is InChI=1S/C22H14N4O2/c1-2-4-18-17(3-1)21(27-15-5-9-23-10-6-15)19-20(26-14-13-25-19)22(18)28-16-7-11-24-12-8-16/h1-14H. The number of hydrogen-bond acceptors (Lipinski definition) is 6. The van der Waals surface area contributed by atoms with Crippen LogP contribution in [0.5, 0.6) is 23.0 Å². The second kappa shape index (κ2) is 6.92. The van der Waals surface area contributed by atoms with Crippen LogP contribution in [0.15, 0.2) is 85.7 Å². The number of fused-ring (bicyclic) bond motifs is 2. The minimum atomic E-state index is 0.627. The summed E-state index contributed by atoms with van der Waals surface area (Å²) in [6, 6.07) is 15.1. The van der Waals surface area contributed by atoms with Gasteiger partial charge in [0, 0.05) is 48.0 Å². The smallest absolute Gasteiger partial charge is 0.163 e. The molecule has 0 N–H and O–H groups in total. The lowest BCUT2D eigenvalue weighted by Gasteiger charge is -2.16. The molecule has 0 aliphatic rings. The van der Waals surface area contributed by atoms with Crippen molar-refractivity contribution in [2.75, 3.05) is 0 Å². The van der Waals surface area contributed by atoms with Gasteiger partial charge in [0.1, 0.15) is 22.5 Å². The number of benzene rings is 2. The molecule has 0 atom stereocenters. The number of ether oxygens (including phenoxy) is 2. The summed E-state index contributed by atoms with van der Waals surface area (Å²) in [5.41, 5.74) is 1.25. The quantitative estimate of drug-likeness (QED) is 0.409. The van der Waals surface area contributed by atoms with Crippen LogP contribution in [-0.4, -0.2) is 19.9 Å². The van der Waals surface area contributed by atoms with Crippen molar-refractivity contribution in [3.63, 3.8) is 0 Å². The molecule has 0 aliphatic heterocycles. The van der Waals surface area contributed by atoms with Crippen molar-refractivity contribution < 1.29 is 9.47 Å². The Kier molecular flexibility index (Phi) is 3.99. The Morgan fingerprint density at radius 2 is 0.929 bits per heavy atom. The highest BCUT2D eigenvalue weighted by atomic mass is 16.5. The van der Waals surface area contributed by atoms with Crippen molar-refractivity contribution in [1.29, 1.82) is 0 Å². The molecule has 0 spiro atoms. The molecule has 0 saturated heterocycles. The van der Waals surface area contributed by atoms with Crippen molar-refractivity contribution in [1.82, 2.24) is 19.9 Å². The van der Waals surface area contributed by atoms with E-state index in [0.717, 1.165) is 10.8 Å². The topological polar surface area (TPSA) is 70.0 Å². The van der Waals surface area contributed by atoms with Crippen molar-refractivity contribution in [3.05, 3.63) is 85.7 Å². The monoisotopic (exact) mass is 366 g/mol. The third kappa shape index (κ3) is 2.87. The second-order valence-electron chi connectivity index (χ2n) is 6.03. The predicted octanol–water partition coefficient (Wildman–Crippen LogP) is 5.16. The maximum absolute atomic E-state index is 6.20. The van der Waals surface area contributed by atoms with Crippen molar-refractivity contribution >= 4 is 21.8 Å². The fourth-order valence-electron chi connectivity index (χ4n) is 3.06. The molecule has 0 radical (unpaired) electrons. The zero-order chi connectivity index (χ0) is 18.8. The molecular weight excluding hydrogens is 352 g/mol. The van der Waals surface area contributed by atoms with Crippen LogP contribution in [0, 0.1) is 0 Å². The van der Waals surface area contributed by atoms with Crippen LogP contribution in [0.4, 0.5) is 0 Å². The molecule has 0 aliphatic carbocycles. The van der Waals surface area contributed by atoms with E-state index < -0.39 is 0 Å². The summed E-state index contributed by atoms with van der Waals surface area (Å²) in [5, 5.41) is 1.77. The van der Waals surface area contributed by atoms with Gasteiger partial charge in [0.15, 0.2) is 11.5 Å². The van der Waals surface area contributed by atoms with Gasteiger partial charge in [-0.1, -0.05) is 24.3 Å². The molecule has 6 nitrogen and oxygen atoms in total. The Labute approximate surface area is 160 Å². The van der Waals surface area contributed by atoms with E-state index in [1.165, 1.54) is 0 Å². The van der Waals surface area contributed by atoms with Crippen LogP contribution in [0.2, 0.25) is 0 Å². The first-order valence-corrected chi connectivity index (χ1v) is 8.71. The molecule has 3 heterocycles. The summed E-state index contributed by atoms with van der Waals surface area (Å²) >= 11 is 0. The maximum atomic E-state index is 6.20. The van der Waals surface area contributed by atoms with Crippen molar-refractivity contribution in [2.45, 2.75) is 0 Å². The molecule has 2 aromatic carbocycles. The number of pyridine rings is 2. The van der Waals surface area contributed by atoms with E-state index in [-0.39, 0.29) is 0 Å². The molecule has 0 saturated carbocycles. The third-order valence-electron chi connectivity index (χ3n) is 4.28. The highest BCUT2D eigenvalue weighted by molar-refractivity contribution is 6.08. The first-order valence-electron chi connectivity index (χ1n) is 8.71. The van der Waals surface area contributed by atoms with Gasteiger partial charge in [-0.3, -0.25) is 9.97 Å². The van der Waals surface area contributed by atoms with Crippen LogP contribution >= 0.6 is 0 Å². The molecule has 6 heteroatoms. The Morgan fingerprint density at radius 1 is 0.500 bits per heavy atom. The summed E-state index contributed by atoms with van der Waals surface area (Å²) in [6.45, 7) is 0. The van der Waals surface area contributed by atoms with Crippen LogP contribution in [0.25, 0.3) is 21.8 Å². The number of nitrogens with zero attached hydrogens (tertiary/aromatic N) is 4. The van der Waals surface area contributed by atoms with E-state index in [1.54, 1.807) is 61.4 Å². The predicted molar refractivity (Wildman–Crippen MR) is 106 cm³/mol. The summed E-state index contributed by atoms with van der Waals surface area (Å²) in [6.07, 6.45) is 10.0. The Balaban J connectivity index is 1.78. The molecule has 0 amide bonds. The van der Waals surface area contributed by atoms with Gasteiger partial charge in [-0.25, -0.2) is 9.97 Å². The number of aromatic nitrogens is 4. The fraction of sp³-hybridized carbons (Fsp3) is 0. The average molecular weight is 366 g/mol. The summed E-state index contributed by atoms with van der Waals surface area (Å²) in [7, 11) is 0. The minimum Gasteiger partial charge on any atom is -0.454 e. The number of rotatable bonds is 4. The highest BCUT2D eigenvalue weighted by Gasteiger charge is 2.19. The van der Waals surface area contributed by atoms with Gasteiger partial charge in [-0.05, 0) is 24.3 Å². The Bertz CT molecular complexity index is 1100. The second-order valence-corrected chi connectivity index (χ2v) is 6.03. The lowest BCUT2D eigenvalue weighted by Crippen LogP contribution is -1.96. The largest absolute Gasteiger partial charge is 0.454 e. The number of hydrogen-bond donors (Lipinski definition) is 0. The van der Waals surface area contributed by atoms with Gasteiger partial charge >= 0.3 is 0 Å². The van der Waals surface area contributed by atoms with Crippen LogP contribution in [-0.2, 0) is 0 Å². The van der Waals surface area contributed by atoms with E-state index in [2.05, 4.69) is 19.9 Å². The molecule has 28 heavy (non-hydrogen) atoms. The van der Waals surface area contributed by atoms with Gasteiger partial charge in [-0.15, -0.1) is 0 Å². The normalized spacial score (nSPS) is 10.9. The lowest BCUT2D eigenvalue weighted by molar-refractivity contribution is 0.483. The molecule has 134 valence electrons. The average Bonchev–Trinajstić information content (AvgIpc) is 2.77. The fourth-order valence-corrected chi connectivity index (χ4v) is 3.06. The van der Waals surface area contributed by atoms with E-state index >= 15 is 0 Å². The van der Waals surface area contributed by atoms with Gasteiger partial charge < -0.3 is 9.47 Å². The molecular formula is C22H14N4O2. The van der Waals surface area contributed by atoms with Crippen molar-refractivity contribution in [2.24, 2.45) is 0 Å². The van der Waals surface area contributed by atoms with E-state index in [4.69, 9.17) is 9.47 Å². The SMILES string of the molecule is c1ccc2c(Oc3ccncc3)c3nccnc3c(Oc3ccncc3)c2c1. The molecule has 0 unspecified atom stereocenters. The molecule has 0 bridgehead atoms. The Morgan fingerprint density at radius 3 is 1.36 bits per heavy atom. The summed E-state index contributed by atoms with van der Waals surface area (Å²) in [4.78, 5) is 17.1. The molecule has 0 fully saturated rings. The third-order valence-corrected chi connectivity index (χ3v) is 4.28. The zero-order valence-electron chi connectivity index (χ0n) is 14.7. The molecule has 5 aromatic rings. The van der Waals surface area contributed by atoms with E-state index in [0.29, 0.717) is 34.0 Å². The van der Waals surface area contributed by atoms with Crippen molar-refractivity contribution in [3.8, 4) is 23.0 Å². The van der Waals surface area contributed by atoms with Gasteiger partial charge in [0.2, 0.25) is 0 Å². The van der Waals surface area contributed by atoms with E-state index in [1.807, 2.05) is 24.3 Å².